The van der Waals surface area contributed by atoms with E-state index in [1.807, 2.05) is 44.2 Å². The van der Waals surface area contributed by atoms with Crippen LogP contribution in [0, 0.1) is 0 Å². The van der Waals surface area contributed by atoms with E-state index < -0.39 is 0 Å². The molecule has 0 radical (unpaired) electrons. The molecule has 3 rings (SSSR count). The summed E-state index contributed by atoms with van der Waals surface area (Å²) in [6, 6.07) is 10.4. The second kappa shape index (κ2) is 8.70. The van der Waals surface area contributed by atoms with Gasteiger partial charge in [0, 0.05) is 17.8 Å². The van der Waals surface area contributed by atoms with Crippen molar-refractivity contribution < 1.29 is 4.74 Å². The summed E-state index contributed by atoms with van der Waals surface area (Å²) in [7, 11) is 0. The molecular weight excluding hydrogens is 312 g/mol. The van der Waals surface area contributed by atoms with Gasteiger partial charge in [0.15, 0.2) is 0 Å². The van der Waals surface area contributed by atoms with Gasteiger partial charge >= 0.3 is 0 Å². The van der Waals surface area contributed by atoms with Gasteiger partial charge in [0.2, 0.25) is 0 Å². The first-order valence-electron chi connectivity index (χ1n) is 9.31. The molecule has 2 N–H and O–H groups in total. The molecule has 1 aliphatic carbocycles. The van der Waals surface area contributed by atoms with Crippen molar-refractivity contribution in [2.75, 3.05) is 10.6 Å². The van der Waals surface area contributed by atoms with Crippen LogP contribution in [0.15, 0.2) is 36.7 Å². The molecule has 1 aromatic heterocycles. The number of hydrogen-bond acceptors (Lipinski definition) is 5. The lowest BCUT2D eigenvalue weighted by atomic mass is 10.1. The zero-order valence-electron chi connectivity index (χ0n) is 15.2. The van der Waals surface area contributed by atoms with Crippen LogP contribution in [0.3, 0.4) is 0 Å². The van der Waals surface area contributed by atoms with Gasteiger partial charge < -0.3 is 15.4 Å². The number of benzene rings is 1. The van der Waals surface area contributed by atoms with Gasteiger partial charge in [-0.05, 0) is 51.0 Å². The Bertz CT molecular complexity index is 649. The lowest BCUT2D eigenvalue weighted by molar-refractivity contribution is 0.242. The van der Waals surface area contributed by atoms with Gasteiger partial charge in [-0.15, -0.1) is 0 Å². The molecule has 0 atom stereocenters. The Morgan fingerprint density at radius 2 is 1.64 bits per heavy atom. The van der Waals surface area contributed by atoms with Gasteiger partial charge in [0.25, 0.3) is 0 Å². The fraction of sp³-hybridized carbons (Fsp3) is 0.500. The van der Waals surface area contributed by atoms with E-state index in [-0.39, 0.29) is 6.10 Å². The zero-order chi connectivity index (χ0) is 17.5. The third kappa shape index (κ3) is 5.62. The number of hydrogen-bond donors (Lipinski definition) is 2. The molecule has 2 aromatic rings. The van der Waals surface area contributed by atoms with E-state index >= 15 is 0 Å². The largest absolute Gasteiger partial charge is 0.491 e. The van der Waals surface area contributed by atoms with Gasteiger partial charge in [-0.1, -0.05) is 25.7 Å². The van der Waals surface area contributed by atoms with Crippen LogP contribution < -0.4 is 15.4 Å². The molecule has 1 aliphatic rings. The zero-order valence-corrected chi connectivity index (χ0v) is 15.2. The molecular formula is C20H28N4O. The number of ether oxygens (including phenoxy) is 1. The molecule has 134 valence electrons. The second-order valence-electron chi connectivity index (χ2n) is 6.94. The molecule has 0 aliphatic heterocycles. The molecule has 1 aromatic carbocycles. The smallest absolute Gasteiger partial charge is 0.135 e. The maximum Gasteiger partial charge on any atom is 0.135 e. The van der Waals surface area contributed by atoms with Crippen molar-refractivity contribution in [2.24, 2.45) is 0 Å². The summed E-state index contributed by atoms with van der Waals surface area (Å²) in [6.07, 6.45) is 9.55. The number of rotatable bonds is 6. The molecule has 0 spiro atoms. The van der Waals surface area contributed by atoms with Crippen LogP contribution in [0.25, 0.3) is 0 Å². The minimum Gasteiger partial charge on any atom is -0.491 e. The third-order valence-corrected chi connectivity index (χ3v) is 4.37. The second-order valence-corrected chi connectivity index (χ2v) is 6.94. The summed E-state index contributed by atoms with van der Waals surface area (Å²) in [4.78, 5) is 8.69. The Morgan fingerprint density at radius 1 is 0.960 bits per heavy atom. The minimum atomic E-state index is 0.179. The van der Waals surface area contributed by atoms with E-state index in [1.165, 1.54) is 38.5 Å². The SMILES string of the molecule is CC(C)Oc1ccc(Nc2cc(NC3CCCCCC3)ncn2)cc1. The lowest BCUT2D eigenvalue weighted by Gasteiger charge is -2.17. The fourth-order valence-corrected chi connectivity index (χ4v) is 3.17. The summed E-state index contributed by atoms with van der Waals surface area (Å²) in [5.74, 6) is 2.56. The van der Waals surface area contributed by atoms with Crippen molar-refractivity contribution in [3.8, 4) is 5.75 Å². The van der Waals surface area contributed by atoms with E-state index in [0.29, 0.717) is 6.04 Å². The summed E-state index contributed by atoms with van der Waals surface area (Å²) in [6.45, 7) is 4.05. The highest BCUT2D eigenvalue weighted by Crippen LogP contribution is 2.23. The van der Waals surface area contributed by atoms with Gasteiger partial charge in [0.05, 0.1) is 6.10 Å². The first kappa shape index (κ1) is 17.5. The molecule has 1 fully saturated rings. The van der Waals surface area contributed by atoms with Gasteiger partial charge in [-0.3, -0.25) is 0 Å². The number of anilines is 3. The highest BCUT2D eigenvalue weighted by atomic mass is 16.5. The summed E-state index contributed by atoms with van der Waals surface area (Å²) in [5.41, 5.74) is 0.982. The molecule has 1 saturated carbocycles. The lowest BCUT2D eigenvalue weighted by Crippen LogP contribution is -2.19. The van der Waals surface area contributed by atoms with Crippen molar-refractivity contribution in [3.63, 3.8) is 0 Å². The normalized spacial score (nSPS) is 15.6. The van der Waals surface area contributed by atoms with Crippen LogP contribution >= 0.6 is 0 Å². The molecule has 5 heteroatoms. The monoisotopic (exact) mass is 340 g/mol. The first-order chi connectivity index (χ1) is 12.2. The van der Waals surface area contributed by atoms with Crippen molar-refractivity contribution in [1.82, 2.24) is 9.97 Å². The summed E-state index contributed by atoms with van der Waals surface area (Å²) in [5, 5.41) is 6.89. The first-order valence-corrected chi connectivity index (χ1v) is 9.31. The fourth-order valence-electron chi connectivity index (χ4n) is 3.17. The Morgan fingerprint density at radius 3 is 2.32 bits per heavy atom. The van der Waals surface area contributed by atoms with Crippen LogP contribution in [-0.4, -0.2) is 22.1 Å². The third-order valence-electron chi connectivity index (χ3n) is 4.37. The molecule has 0 unspecified atom stereocenters. The Labute approximate surface area is 150 Å². The van der Waals surface area contributed by atoms with E-state index in [9.17, 15) is 0 Å². The Balaban J connectivity index is 1.61. The molecule has 0 bridgehead atoms. The van der Waals surface area contributed by atoms with E-state index in [2.05, 4.69) is 20.6 Å². The van der Waals surface area contributed by atoms with Crippen molar-refractivity contribution in [1.29, 1.82) is 0 Å². The maximum absolute atomic E-state index is 5.67. The average molecular weight is 340 g/mol. The van der Waals surface area contributed by atoms with Crippen LogP contribution in [0.1, 0.15) is 52.4 Å². The molecule has 25 heavy (non-hydrogen) atoms. The molecule has 5 nitrogen and oxygen atoms in total. The average Bonchev–Trinajstić information content (AvgIpc) is 2.85. The van der Waals surface area contributed by atoms with Crippen LogP contribution in [0.5, 0.6) is 5.75 Å². The van der Waals surface area contributed by atoms with E-state index in [0.717, 1.165) is 23.1 Å². The molecule has 1 heterocycles. The summed E-state index contributed by atoms with van der Waals surface area (Å²) >= 11 is 0. The van der Waals surface area contributed by atoms with Crippen molar-refractivity contribution >= 4 is 17.3 Å². The van der Waals surface area contributed by atoms with Crippen molar-refractivity contribution in [2.45, 2.75) is 64.5 Å². The summed E-state index contributed by atoms with van der Waals surface area (Å²) < 4.78 is 5.67. The number of nitrogens with zero attached hydrogens (tertiary/aromatic N) is 2. The van der Waals surface area contributed by atoms with Gasteiger partial charge in [-0.2, -0.15) is 0 Å². The molecule has 0 saturated heterocycles. The Hall–Kier alpha value is -2.30. The Kier molecular flexibility index (Phi) is 6.09. The molecule has 0 amide bonds. The number of aromatic nitrogens is 2. The van der Waals surface area contributed by atoms with E-state index in [1.54, 1.807) is 6.33 Å². The maximum atomic E-state index is 5.67. The van der Waals surface area contributed by atoms with Crippen LogP contribution in [0.4, 0.5) is 17.3 Å². The van der Waals surface area contributed by atoms with Crippen LogP contribution in [-0.2, 0) is 0 Å². The highest BCUT2D eigenvalue weighted by Gasteiger charge is 2.12. The topological polar surface area (TPSA) is 59.1 Å². The standard InChI is InChI=1S/C20H28N4O/c1-15(2)25-18-11-9-17(10-12-18)24-20-13-19(21-14-22-20)23-16-7-5-3-4-6-8-16/h9-16H,3-8H2,1-2H3,(H2,21,22,23,24). The predicted octanol–water partition coefficient (Wildman–Crippen LogP) is 5.14. The predicted molar refractivity (Wildman–Crippen MR) is 103 cm³/mol. The van der Waals surface area contributed by atoms with Crippen LogP contribution in [0.2, 0.25) is 0 Å². The van der Waals surface area contributed by atoms with Gasteiger partial charge in [-0.25, -0.2) is 9.97 Å². The highest BCUT2D eigenvalue weighted by molar-refractivity contribution is 5.59. The van der Waals surface area contributed by atoms with Gasteiger partial charge in [0.1, 0.15) is 23.7 Å². The quantitative estimate of drug-likeness (QED) is 0.713. The minimum absolute atomic E-state index is 0.179. The number of nitrogens with one attached hydrogen (secondary N) is 2. The van der Waals surface area contributed by atoms with Crippen molar-refractivity contribution in [3.05, 3.63) is 36.7 Å². The van der Waals surface area contributed by atoms with E-state index in [4.69, 9.17) is 4.74 Å².